The number of aryl methyl sites for hydroxylation is 1. The minimum absolute atomic E-state index is 0.0486. The third kappa shape index (κ3) is 3.07. The van der Waals surface area contributed by atoms with Crippen LogP contribution in [-0.2, 0) is 4.79 Å². The zero-order valence-electron chi connectivity index (χ0n) is 11.1. The lowest BCUT2D eigenvalue weighted by Gasteiger charge is -2.32. The lowest BCUT2D eigenvalue weighted by molar-refractivity contribution is -0.146. The summed E-state index contributed by atoms with van der Waals surface area (Å²) < 4.78 is 0. The van der Waals surface area contributed by atoms with E-state index >= 15 is 0 Å². The van der Waals surface area contributed by atoms with E-state index in [1.807, 2.05) is 45.1 Å². The molecule has 4 heteroatoms. The molecule has 0 saturated carbocycles. The molecule has 96 valence electrons. The van der Waals surface area contributed by atoms with E-state index < -0.39 is 5.97 Å². The van der Waals surface area contributed by atoms with E-state index in [0.29, 0.717) is 0 Å². The second-order valence-electron chi connectivity index (χ2n) is 4.98. The van der Waals surface area contributed by atoms with Gasteiger partial charge in [-0.05, 0) is 43.9 Å². The van der Waals surface area contributed by atoms with Crippen LogP contribution in [0, 0.1) is 18.8 Å². The molecule has 0 spiro atoms. The van der Waals surface area contributed by atoms with Gasteiger partial charge in [-0.15, -0.1) is 11.3 Å². The van der Waals surface area contributed by atoms with Crippen molar-refractivity contribution in [2.24, 2.45) is 11.8 Å². The van der Waals surface area contributed by atoms with Gasteiger partial charge < -0.3 is 10.0 Å². The third-order valence-corrected chi connectivity index (χ3v) is 4.16. The van der Waals surface area contributed by atoms with E-state index in [2.05, 4.69) is 6.07 Å². The van der Waals surface area contributed by atoms with Crippen LogP contribution in [-0.4, -0.2) is 30.1 Å². The van der Waals surface area contributed by atoms with Gasteiger partial charge in [-0.2, -0.15) is 0 Å². The molecule has 0 bridgehead atoms. The Morgan fingerprint density at radius 2 is 2.00 bits per heavy atom. The number of rotatable bonds is 5. The number of nitrogens with zero attached hydrogens (tertiary/aromatic N) is 1. The van der Waals surface area contributed by atoms with Crippen molar-refractivity contribution in [3.05, 3.63) is 21.9 Å². The Balaban J connectivity index is 3.17. The Hall–Kier alpha value is -0.870. The Bertz CT molecular complexity index is 385. The second kappa shape index (κ2) is 5.65. The van der Waals surface area contributed by atoms with Crippen molar-refractivity contribution in [2.75, 3.05) is 14.1 Å². The number of carbonyl (C=O) groups is 1. The van der Waals surface area contributed by atoms with Crippen LogP contribution in [0.1, 0.15) is 30.3 Å². The Labute approximate surface area is 107 Å². The molecular weight excluding hydrogens is 234 g/mol. The summed E-state index contributed by atoms with van der Waals surface area (Å²) in [5.41, 5.74) is 1.18. The summed E-state index contributed by atoms with van der Waals surface area (Å²) in [7, 11) is 3.89. The average molecular weight is 255 g/mol. The molecule has 1 heterocycles. The smallest absolute Gasteiger partial charge is 0.308 e. The van der Waals surface area contributed by atoms with Crippen molar-refractivity contribution < 1.29 is 9.90 Å². The molecule has 0 aliphatic carbocycles. The molecule has 1 rings (SSSR count). The number of hydrogen-bond acceptors (Lipinski definition) is 3. The molecule has 2 atom stereocenters. The highest BCUT2D eigenvalue weighted by molar-refractivity contribution is 7.10. The summed E-state index contributed by atoms with van der Waals surface area (Å²) in [6.45, 7) is 5.98. The Morgan fingerprint density at radius 3 is 2.29 bits per heavy atom. The van der Waals surface area contributed by atoms with Crippen LogP contribution in [0.2, 0.25) is 0 Å². The number of carboxylic acids is 1. The van der Waals surface area contributed by atoms with Gasteiger partial charge in [-0.3, -0.25) is 4.79 Å². The summed E-state index contributed by atoms with van der Waals surface area (Å²) >= 11 is 1.64. The fourth-order valence-corrected chi connectivity index (χ4v) is 3.36. The number of hydrogen-bond donors (Lipinski definition) is 1. The van der Waals surface area contributed by atoms with Gasteiger partial charge in [0.15, 0.2) is 0 Å². The quantitative estimate of drug-likeness (QED) is 0.879. The van der Waals surface area contributed by atoms with Gasteiger partial charge in [0.25, 0.3) is 0 Å². The van der Waals surface area contributed by atoms with E-state index in [1.54, 1.807) is 11.3 Å². The lowest BCUT2D eigenvalue weighted by Crippen LogP contribution is -2.35. The van der Waals surface area contributed by atoms with Gasteiger partial charge in [-0.25, -0.2) is 0 Å². The fraction of sp³-hybridized carbons (Fsp3) is 0.615. The maximum absolute atomic E-state index is 11.5. The molecule has 0 aromatic carbocycles. The van der Waals surface area contributed by atoms with Crippen molar-refractivity contribution in [3.8, 4) is 0 Å². The number of aliphatic carboxylic acids is 1. The fourth-order valence-electron chi connectivity index (χ4n) is 2.19. The Kier molecular flexibility index (Phi) is 4.71. The average Bonchev–Trinajstić information content (AvgIpc) is 2.58. The van der Waals surface area contributed by atoms with Crippen molar-refractivity contribution >= 4 is 17.3 Å². The predicted molar refractivity (Wildman–Crippen MR) is 71.4 cm³/mol. The van der Waals surface area contributed by atoms with E-state index in [1.165, 1.54) is 5.56 Å². The summed E-state index contributed by atoms with van der Waals surface area (Å²) in [6.07, 6.45) is 0. The zero-order valence-corrected chi connectivity index (χ0v) is 11.9. The van der Waals surface area contributed by atoms with Gasteiger partial charge in [-0.1, -0.05) is 13.8 Å². The molecular formula is C13H21NO2S. The molecule has 0 radical (unpaired) electrons. The summed E-state index contributed by atoms with van der Waals surface area (Å²) in [4.78, 5) is 14.6. The van der Waals surface area contributed by atoms with Crippen molar-refractivity contribution in [3.63, 3.8) is 0 Å². The highest BCUT2D eigenvalue weighted by Gasteiger charge is 2.35. The number of carboxylic acid groups (broad SMARTS) is 1. The van der Waals surface area contributed by atoms with Crippen LogP contribution < -0.4 is 0 Å². The van der Waals surface area contributed by atoms with Crippen LogP contribution in [0.3, 0.4) is 0 Å². The molecule has 1 N–H and O–H groups in total. The van der Waals surface area contributed by atoms with Crippen LogP contribution >= 0.6 is 11.3 Å². The zero-order chi connectivity index (χ0) is 13.2. The maximum atomic E-state index is 11.5. The van der Waals surface area contributed by atoms with Crippen molar-refractivity contribution in [1.29, 1.82) is 0 Å². The maximum Gasteiger partial charge on any atom is 0.308 e. The molecule has 0 saturated heterocycles. The normalized spacial score (nSPS) is 15.2. The molecule has 0 amide bonds. The Morgan fingerprint density at radius 1 is 1.41 bits per heavy atom. The first-order valence-electron chi connectivity index (χ1n) is 5.79. The molecule has 1 aromatic rings. The van der Waals surface area contributed by atoms with Crippen molar-refractivity contribution in [2.45, 2.75) is 26.8 Å². The topological polar surface area (TPSA) is 40.5 Å². The van der Waals surface area contributed by atoms with E-state index in [-0.39, 0.29) is 17.9 Å². The second-order valence-corrected chi connectivity index (χ2v) is 5.93. The van der Waals surface area contributed by atoms with Crippen molar-refractivity contribution in [1.82, 2.24) is 4.90 Å². The van der Waals surface area contributed by atoms with Gasteiger partial charge >= 0.3 is 5.97 Å². The van der Waals surface area contributed by atoms with Gasteiger partial charge in [0.05, 0.1) is 12.0 Å². The van der Waals surface area contributed by atoms with E-state index in [9.17, 15) is 9.90 Å². The van der Waals surface area contributed by atoms with Gasteiger partial charge in [0.2, 0.25) is 0 Å². The van der Waals surface area contributed by atoms with E-state index in [4.69, 9.17) is 0 Å². The standard InChI is InChI=1S/C13H21NO2S/c1-8(2)10(13(15)16)11(14(4)5)12-9(3)6-7-17-12/h6-8,10-11H,1-5H3,(H,15,16). The molecule has 1 aromatic heterocycles. The largest absolute Gasteiger partial charge is 0.481 e. The first-order chi connectivity index (χ1) is 7.86. The first-order valence-corrected chi connectivity index (χ1v) is 6.67. The summed E-state index contributed by atoms with van der Waals surface area (Å²) in [6, 6.07) is 2.00. The molecule has 17 heavy (non-hydrogen) atoms. The van der Waals surface area contributed by atoms with E-state index in [0.717, 1.165) is 4.88 Å². The van der Waals surface area contributed by atoms with Crippen LogP contribution in [0.25, 0.3) is 0 Å². The van der Waals surface area contributed by atoms with Gasteiger partial charge in [0, 0.05) is 4.88 Å². The third-order valence-electron chi connectivity index (χ3n) is 3.07. The predicted octanol–water partition coefficient (Wildman–Crippen LogP) is 3.02. The SMILES string of the molecule is Cc1ccsc1C(C(C(=O)O)C(C)C)N(C)C. The molecule has 2 unspecified atom stereocenters. The molecule has 3 nitrogen and oxygen atoms in total. The van der Waals surface area contributed by atoms with Gasteiger partial charge in [0.1, 0.15) is 0 Å². The minimum Gasteiger partial charge on any atom is -0.481 e. The van der Waals surface area contributed by atoms with Crippen LogP contribution in [0.4, 0.5) is 0 Å². The highest BCUT2D eigenvalue weighted by atomic mass is 32.1. The molecule has 0 aliphatic heterocycles. The van der Waals surface area contributed by atoms with Crippen LogP contribution in [0.5, 0.6) is 0 Å². The molecule has 0 fully saturated rings. The summed E-state index contributed by atoms with van der Waals surface area (Å²) in [5, 5.41) is 11.5. The highest BCUT2D eigenvalue weighted by Crippen LogP contribution is 2.36. The minimum atomic E-state index is -0.716. The first kappa shape index (κ1) is 14.2. The monoisotopic (exact) mass is 255 g/mol. The van der Waals surface area contributed by atoms with Crippen LogP contribution in [0.15, 0.2) is 11.4 Å². The molecule has 0 aliphatic rings. The summed E-state index contributed by atoms with van der Waals surface area (Å²) in [5.74, 6) is -0.977. The lowest BCUT2D eigenvalue weighted by atomic mass is 9.86. The number of thiophene rings is 1.